The normalized spacial score (nSPS) is 21.3. The molecule has 1 N–H and O–H groups in total. The lowest BCUT2D eigenvalue weighted by molar-refractivity contribution is -0.129. The number of hydrogen-bond acceptors (Lipinski definition) is 4. The van der Waals surface area contributed by atoms with Gasteiger partial charge in [-0.15, -0.1) is 0 Å². The predicted molar refractivity (Wildman–Crippen MR) is 69.8 cm³/mol. The van der Waals surface area contributed by atoms with Crippen LogP contribution in [-0.4, -0.2) is 29.1 Å². The maximum Gasteiger partial charge on any atom is 0.226 e. The number of ether oxygens (including phenoxy) is 1. The van der Waals surface area contributed by atoms with Crippen LogP contribution in [0.1, 0.15) is 31.6 Å². The van der Waals surface area contributed by atoms with Gasteiger partial charge in [-0.2, -0.15) is 0 Å². The molecule has 1 aliphatic rings. The van der Waals surface area contributed by atoms with Crippen molar-refractivity contribution in [3.8, 4) is 0 Å². The van der Waals surface area contributed by atoms with Gasteiger partial charge in [0.1, 0.15) is 5.82 Å². The van der Waals surface area contributed by atoms with Gasteiger partial charge in [0.25, 0.3) is 0 Å². The van der Waals surface area contributed by atoms with Gasteiger partial charge in [0.2, 0.25) is 5.91 Å². The van der Waals surface area contributed by atoms with Crippen LogP contribution < -0.4 is 5.32 Å². The van der Waals surface area contributed by atoms with Gasteiger partial charge in [-0.05, 0) is 35.7 Å². The number of carbonyl (C=O) groups is 1. The van der Waals surface area contributed by atoms with Crippen LogP contribution in [-0.2, 0) is 9.53 Å². The second-order valence-electron chi connectivity index (χ2n) is 4.40. The zero-order chi connectivity index (χ0) is 13.0. The molecule has 0 aliphatic carbocycles. The van der Waals surface area contributed by atoms with E-state index in [1.165, 1.54) is 0 Å². The number of hydrogen-bond donors (Lipinski definition) is 1. The van der Waals surface area contributed by atoms with Crippen LogP contribution in [0, 0.1) is 5.92 Å². The molecule has 1 aliphatic heterocycles. The molecule has 1 fully saturated rings. The fourth-order valence-corrected chi connectivity index (χ4v) is 2.09. The Balaban J connectivity index is 1.91. The monoisotopic (exact) mass is 313 g/mol. The molecule has 0 radical (unpaired) electrons. The van der Waals surface area contributed by atoms with E-state index in [0.717, 1.165) is 23.9 Å². The average Bonchev–Trinajstić information content (AvgIpc) is 2.40. The van der Waals surface area contributed by atoms with Gasteiger partial charge in [-0.1, -0.05) is 0 Å². The highest BCUT2D eigenvalue weighted by Gasteiger charge is 2.23. The highest BCUT2D eigenvalue weighted by atomic mass is 79.9. The van der Waals surface area contributed by atoms with E-state index in [4.69, 9.17) is 4.74 Å². The second-order valence-corrected chi connectivity index (χ2v) is 5.32. The van der Waals surface area contributed by atoms with E-state index in [-0.39, 0.29) is 17.9 Å². The molecule has 1 saturated heterocycles. The molecule has 1 aromatic heterocycles. The molecule has 0 spiro atoms. The minimum Gasteiger partial charge on any atom is -0.381 e. The summed E-state index contributed by atoms with van der Waals surface area (Å²) in [6.07, 6.45) is 5.18. The Morgan fingerprint density at radius 2 is 2.28 bits per heavy atom. The van der Waals surface area contributed by atoms with E-state index >= 15 is 0 Å². The van der Waals surface area contributed by atoms with Gasteiger partial charge >= 0.3 is 0 Å². The SMILES string of the molecule is C[C@@H](NC(=O)[C@H]1CCCOC1)c1ncc(Br)cn1. The fourth-order valence-electron chi connectivity index (χ4n) is 1.89. The van der Waals surface area contributed by atoms with Crippen molar-refractivity contribution < 1.29 is 9.53 Å². The molecule has 18 heavy (non-hydrogen) atoms. The highest BCUT2D eigenvalue weighted by molar-refractivity contribution is 9.10. The van der Waals surface area contributed by atoms with Crippen molar-refractivity contribution in [2.24, 2.45) is 5.92 Å². The van der Waals surface area contributed by atoms with E-state index in [1.54, 1.807) is 12.4 Å². The van der Waals surface area contributed by atoms with Crippen molar-refractivity contribution >= 4 is 21.8 Å². The molecule has 1 amide bonds. The molecule has 6 heteroatoms. The third kappa shape index (κ3) is 3.49. The van der Waals surface area contributed by atoms with E-state index in [1.807, 2.05) is 6.92 Å². The van der Waals surface area contributed by atoms with Crippen LogP contribution in [0.4, 0.5) is 0 Å². The van der Waals surface area contributed by atoms with Gasteiger partial charge < -0.3 is 10.1 Å². The molecule has 5 nitrogen and oxygen atoms in total. The Labute approximate surface area is 114 Å². The molecule has 0 bridgehead atoms. The van der Waals surface area contributed by atoms with E-state index in [9.17, 15) is 4.79 Å². The van der Waals surface area contributed by atoms with Crippen LogP contribution >= 0.6 is 15.9 Å². The first-order valence-corrected chi connectivity index (χ1v) is 6.81. The Kier molecular flexibility index (Phi) is 4.66. The average molecular weight is 314 g/mol. The van der Waals surface area contributed by atoms with Crippen LogP contribution in [0.15, 0.2) is 16.9 Å². The Morgan fingerprint density at radius 3 is 2.89 bits per heavy atom. The number of carbonyl (C=O) groups excluding carboxylic acids is 1. The number of amides is 1. The van der Waals surface area contributed by atoms with Crippen LogP contribution in [0.5, 0.6) is 0 Å². The summed E-state index contributed by atoms with van der Waals surface area (Å²) < 4.78 is 6.13. The third-order valence-electron chi connectivity index (χ3n) is 2.92. The summed E-state index contributed by atoms with van der Waals surface area (Å²) in [5, 5.41) is 2.93. The summed E-state index contributed by atoms with van der Waals surface area (Å²) in [5.74, 6) is 0.591. The lowest BCUT2D eigenvalue weighted by atomic mass is 10.0. The van der Waals surface area contributed by atoms with Crippen molar-refractivity contribution in [2.75, 3.05) is 13.2 Å². The van der Waals surface area contributed by atoms with Crippen molar-refractivity contribution in [1.82, 2.24) is 15.3 Å². The first-order valence-electron chi connectivity index (χ1n) is 6.02. The highest BCUT2D eigenvalue weighted by Crippen LogP contribution is 2.16. The van der Waals surface area contributed by atoms with Crippen LogP contribution in [0.3, 0.4) is 0 Å². The first kappa shape index (κ1) is 13.4. The molecule has 0 aromatic carbocycles. The molecule has 2 atom stereocenters. The number of nitrogens with zero attached hydrogens (tertiary/aromatic N) is 2. The Hall–Kier alpha value is -1.01. The Morgan fingerprint density at radius 1 is 1.56 bits per heavy atom. The number of nitrogens with one attached hydrogen (secondary N) is 1. The molecule has 1 aromatic rings. The zero-order valence-corrected chi connectivity index (χ0v) is 11.8. The standard InChI is InChI=1S/C12H16BrN3O2/c1-8(11-14-5-10(13)6-15-11)16-12(17)9-3-2-4-18-7-9/h5-6,8-9H,2-4,7H2,1H3,(H,16,17)/t8-,9+/m1/s1. The number of halogens is 1. The van der Waals surface area contributed by atoms with E-state index in [0.29, 0.717) is 12.4 Å². The lowest BCUT2D eigenvalue weighted by Crippen LogP contribution is -2.37. The lowest BCUT2D eigenvalue weighted by Gasteiger charge is -2.23. The zero-order valence-electron chi connectivity index (χ0n) is 10.2. The maximum atomic E-state index is 12.0. The van der Waals surface area contributed by atoms with Gasteiger partial charge in [0.15, 0.2) is 0 Å². The molecule has 0 saturated carbocycles. The molecule has 0 unspecified atom stereocenters. The predicted octanol–water partition coefficient (Wildman–Crippen LogP) is 1.84. The van der Waals surface area contributed by atoms with Gasteiger partial charge in [0.05, 0.1) is 23.0 Å². The van der Waals surface area contributed by atoms with Gasteiger partial charge in [-0.25, -0.2) is 9.97 Å². The number of rotatable bonds is 3. The molecule has 2 heterocycles. The fraction of sp³-hybridized carbons (Fsp3) is 0.583. The van der Waals surface area contributed by atoms with Gasteiger partial charge in [-0.3, -0.25) is 4.79 Å². The summed E-state index contributed by atoms with van der Waals surface area (Å²) in [4.78, 5) is 20.3. The minimum atomic E-state index is -0.187. The van der Waals surface area contributed by atoms with Crippen molar-refractivity contribution in [3.05, 3.63) is 22.7 Å². The Bertz CT molecular complexity index is 404. The van der Waals surface area contributed by atoms with Crippen molar-refractivity contribution in [2.45, 2.75) is 25.8 Å². The molecular formula is C12H16BrN3O2. The first-order chi connectivity index (χ1) is 8.66. The van der Waals surface area contributed by atoms with Crippen LogP contribution in [0.2, 0.25) is 0 Å². The van der Waals surface area contributed by atoms with Crippen molar-refractivity contribution in [1.29, 1.82) is 0 Å². The smallest absolute Gasteiger partial charge is 0.226 e. The largest absolute Gasteiger partial charge is 0.381 e. The number of aromatic nitrogens is 2. The molecule has 2 rings (SSSR count). The summed E-state index contributed by atoms with van der Waals surface area (Å²) in [7, 11) is 0. The summed E-state index contributed by atoms with van der Waals surface area (Å²) in [6.45, 7) is 3.15. The summed E-state index contributed by atoms with van der Waals surface area (Å²) >= 11 is 3.28. The second kappa shape index (κ2) is 6.24. The van der Waals surface area contributed by atoms with E-state index in [2.05, 4.69) is 31.2 Å². The quantitative estimate of drug-likeness (QED) is 0.925. The van der Waals surface area contributed by atoms with Gasteiger partial charge in [0, 0.05) is 19.0 Å². The molecule has 98 valence electrons. The summed E-state index contributed by atoms with van der Waals surface area (Å²) in [5.41, 5.74) is 0. The van der Waals surface area contributed by atoms with E-state index < -0.39 is 0 Å². The topological polar surface area (TPSA) is 64.1 Å². The third-order valence-corrected chi connectivity index (χ3v) is 3.33. The molecular weight excluding hydrogens is 298 g/mol. The minimum absolute atomic E-state index is 0.0220. The maximum absolute atomic E-state index is 12.0. The summed E-state index contributed by atoms with van der Waals surface area (Å²) in [6, 6.07) is -0.187. The van der Waals surface area contributed by atoms with Crippen LogP contribution in [0.25, 0.3) is 0 Å². The van der Waals surface area contributed by atoms with Crippen molar-refractivity contribution in [3.63, 3.8) is 0 Å².